The van der Waals surface area contributed by atoms with Gasteiger partial charge < -0.3 is 29.7 Å². The molecule has 4 fully saturated rings. The first-order chi connectivity index (χ1) is 17.4. The van der Waals surface area contributed by atoms with Gasteiger partial charge in [-0.05, 0) is 87.2 Å². The van der Waals surface area contributed by atoms with Crippen molar-refractivity contribution < 1.29 is 34.4 Å². The highest BCUT2D eigenvalue weighted by Crippen LogP contribution is 2.67. The number of carbonyl (C=O) groups excluding carboxylic acids is 2. The molecule has 0 aromatic carbocycles. The van der Waals surface area contributed by atoms with Crippen LogP contribution in [-0.4, -0.2) is 82.8 Å². The third kappa shape index (κ3) is 4.05. The summed E-state index contributed by atoms with van der Waals surface area (Å²) < 4.78 is 10.9. The molecule has 1 amide bonds. The van der Waals surface area contributed by atoms with Gasteiger partial charge in [0.2, 0.25) is 5.91 Å². The zero-order valence-electron chi connectivity index (χ0n) is 23.0. The molecule has 4 saturated carbocycles. The molecule has 0 aromatic heterocycles. The smallest absolute Gasteiger partial charge is 0.226 e. The summed E-state index contributed by atoms with van der Waals surface area (Å²) in [5.41, 5.74) is -1.31. The Balaban J connectivity index is 1.46. The maximum Gasteiger partial charge on any atom is 0.226 e. The molecule has 3 unspecified atom stereocenters. The Morgan fingerprint density at radius 1 is 1.08 bits per heavy atom. The van der Waals surface area contributed by atoms with E-state index in [-0.39, 0.29) is 47.8 Å². The lowest BCUT2D eigenvalue weighted by Crippen LogP contribution is -2.62. The number of fused-ring (bicyclic) bond motifs is 5. The van der Waals surface area contributed by atoms with Crippen LogP contribution >= 0.6 is 0 Å². The molecule has 0 aromatic rings. The van der Waals surface area contributed by atoms with E-state index < -0.39 is 34.9 Å². The van der Waals surface area contributed by atoms with Crippen LogP contribution in [0.5, 0.6) is 0 Å². The number of ether oxygens (including phenoxy) is 2. The van der Waals surface area contributed by atoms with E-state index in [2.05, 4.69) is 20.8 Å². The van der Waals surface area contributed by atoms with E-state index in [9.17, 15) is 24.9 Å². The van der Waals surface area contributed by atoms with Crippen molar-refractivity contribution in [1.82, 2.24) is 4.90 Å². The molecule has 0 radical (unpaired) electrons. The van der Waals surface area contributed by atoms with Gasteiger partial charge in [-0.1, -0.05) is 13.8 Å². The summed E-state index contributed by atoms with van der Waals surface area (Å²) in [6, 6.07) is -0.119. The third-order valence-electron chi connectivity index (χ3n) is 11.3. The van der Waals surface area contributed by atoms with Crippen molar-refractivity contribution in [3.05, 3.63) is 11.6 Å². The second-order valence-electron chi connectivity index (χ2n) is 13.1. The third-order valence-corrected chi connectivity index (χ3v) is 11.3. The second kappa shape index (κ2) is 9.40. The molecule has 0 bridgehead atoms. The molecule has 0 aliphatic heterocycles. The minimum atomic E-state index is -1.14. The van der Waals surface area contributed by atoms with Gasteiger partial charge >= 0.3 is 0 Å². The Labute approximate surface area is 220 Å². The van der Waals surface area contributed by atoms with Crippen LogP contribution in [0.4, 0.5) is 0 Å². The maximum atomic E-state index is 13.4. The fourth-order valence-electron chi connectivity index (χ4n) is 8.83. The topological polar surface area (TPSA) is 117 Å². The fraction of sp³-hybridized carbons (Fsp3) is 0.862. The molecule has 37 heavy (non-hydrogen) atoms. The van der Waals surface area contributed by atoms with Crippen LogP contribution in [-0.2, 0) is 19.1 Å². The number of rotatable bonds is 7. The predicted octanol–water partition coefficient (Wildman–Crippen LogP) is 2.44. The highest BCUT2D eigenvalue weighted by atomic mass is 16.7. The number of aliphatic hydroxyl groups is 3. The Morgan fingerprint density at radius 2 is 1.76 bits per heavy atom. The zero-order chi connectivity index (χ0) is 26.9. The number of methoxy groups -OCH3 is 2. The Morgan fingerprint density at radius 3 is 2.38 bits per heavy atom. The molecule has 8 nitrogen and oxygen atoms in total. The van der Waals surface area contributed by atoms with Crippen molar-refractivity contribution in [3.8, 4) is 0 Å². The van der Waals surface area contributed by atoms with Crippen LogP contribution in [0.25, 0.3) is 0 Å². The number of hydrogen-bond acceptors (Lipinski definition) is 7. The minimum Gasteiger partial charge on any atom is -0.390 e. The van der Waals surface area contributed by atoms with Crippen molar-refractivity contribution in [3.63, 3.8) is 0 Å². The molecule has 5 aliphatic carbocycles. The number of ketones is 1. The number of carbonyl (C=O) groups is 2. The lowest BCUT2D eigenvalue weighted by atomic mass is 9.46. The monoisotopic (exact) mass is 519 g/mol. The van der Waals surface area contributed by atoms with E-state index in [0.717, 1.165) is 37.7 Å². The minimum absolute atomic E-state index is 0.0138. The van der Waals surface area contributed by atoms with Gasteiger partial charge in [0.25, 0.3) is 0 Å². The fourth-order valence-corrected chi connectivity index (χ4v) is 8.83. The van der Waals surface area contributed by atoms with Crippen LogP contribution in [0, 0.1) is 34.5 Å². The largest absolute Gasteiger partial charge is 0.390 e. The molecule has 0 saturated heterocycles. The van der Waals surface area contributed by atoms with Crippen LogP contribution in [0.15, 0.2) is 11.6 Å². The van der Waals surface area contributed by atoms with Crippen molar-refractivity contribution in [1.29, 1.82) is 0 Å². The van der Waals surface area contributed by atoms with Gasteiger partial charge in [-0.15, -0.1) is 0 Å². The molecule has 5 rings (SSSR count). The molecule has 8 heteroatoms. The molecule has 3 N–H and O–H groups in total. The van der Waals surface area contributed by atoms with Gasteiger partial charge in [0.15, 0.2) is 12.1 Å². The van der Waals surface area contributed by atoms with Crippen LogP contribution in [0.3, 0.4) is 0 Å². The Bertz CT molecular complexity index is 960. The summed E-state index contributed by atoms with van der Waals surface area (Å²) in [6.07, 6.45) is 4.77. The van der Waals surface area contributed by atoms with E-state index >= 15 is 0 Å². The molecular formula is C29H45NO7. The van der Waals surface area contributed by atoms with Crippen molar-refractivity contribution in [2.75, 3.05) is 20.8 Å². The number of nitrogens with zero attached hydrogens (tertiary/aromatic N) is 1. The quantitative estimate of drug-likeness (QED) is 0.443. The van der Waals surface area contributed by atoms with E-state index in [4.69, 9.17) is 9.47 Å². The predicted molar refractivity (Wildman–Crippen MR) is 136 cm³/mol. The van der Waals surface area contributed by atoms with E-state index in [0.29, 0.717) is 19.4 Å². The first-order valence-electron chi connectivity index (χ1n) is 14.1. The Hall–Kier alpha value is -1.32. The number of aliphatic hydroxyl groups excluding tert-OH is 2. The average molecular weight is 520 g/mol. The SMILES string of the molecule is COC(CN(C(=O)C1CC1)C(C)C1CC[C@@]2(O)C3=CC(=O)[C@@H]4C[C@@H](O)[C@@H](O)C[C@]4(C)C3CC[C@]12C)OC. The number of amides is 1. The van der Waals surface area contributed by atoms with Gasteiger partial charge in [-0.2, -0.15) is 0 Å². The van der Waals surface area contributed by atoms with Gasteiger partial charge in [-0.3, -0.25) is 9.59 Å². The summed E-state index contributed by atoms with van der Waals surface area (Å²) >= 11 is 0. The van der Waals surface area contributed by atoms with Crippen molar-refractivity contribution in [2.45, 2.75) is 102 Å². The van der Waals surface area contributed by atoms with Gasteiger partial charge in [0.05, 0.1) is 24.4 Å². The van der Waals surface area contributed by atoms with Gasteiger partial charge in [0, 0.05) is 37.5 Å². The second-order valence-corrected chi connectivity index (χ2v) is 13.1. The summed E-state index contributed by atoms with van der Waals surface area (Å²) in [6.45, 7) is 6.64. The molecule has 208 valence electrons. The standard InChI is InChI=1S/C29H45NO7/c1-16(30(15-25(36-4)37-5)26(34)17-6-7-17)18-9-11-29(35)20-12-22(31)21-13-23(32)24(33)14-27(21,2)19(20)8-10-28(18,29)3/h12,16-19,21,23-25,32-33,35H,6-11,13-15H2,1-5H3/t16?,18?,19?,21-,23+,24-,27+,28+,29+/m0/s1. The highest BCUT2D eigenvalue weighted by Gasteiger charge is 2.67. The first-order valence-corrected chi connectivity index (χ1v) is 14.1. The number of allylic oxidation sites excluding steroid dienone is 1. The highest BCUT2D eigenvalue weighted by molar-refractivity contribution is 5.95. The molecule has 9 atom stereocenters. The van der Waals surface area contributed by atoms with E-state index in [1.165, 1.54) is 0 Å². The van der Waals surface area contributed by atoms with Crippen LogP contribution in [0.1, 0.15) is 72.1 Å². The van der Waals surface area contributed by atoms with E-state index in [1.54, 1.807) is 20.3 Å². The van der Waals surface area contributed by atoms with Crippen molar-refractivity contribution in [2.24, 2.45) is 34.5 Å². The molecule has 0 heterocycles. The lowest BCUT2D eigenvalue weighted by Gasteiger charge is -2.60. The number of hydrogen-bond donors (Lipinski definition) is 3. The van der Waals surface area contributed by atoms with Crippen LogP contribution in [0.2, 0.25) is 0 Å². The van der Waals surface area contributed by atoms with Crippen molar-refractivity contribution >= 4 is 11.7 Å². The average Bonchev–Trinajstić information content (AvgIpc) is 3.66. The molecular weight excluding hydrogens is 474 g/mol. The van der Waals surface area contributed by atoms with E-state index in [1.807, 2.05) is 4.90 Å². The maximum absolute atomic E-state index is 13.4. The summed E-state index contributed by atoms with van der Waals surface area (Å²) in [5.74, 6) is -0.144. The Kier molecular flexibility index (Phi) is 6.93. The zero-order valence-corrected chi connectivity index (χ0v) is 23.0. The van der Waals surface area contributed by atoms with Gasteiger partial charge in [0.1, 0.15) is 0 Å². The summed E-state index contributed by atoms with van der Waals surface area (Å²) in [7, 11) is 3.16. The lowest BCUT2D eigenvalue weighted by molar-refractivity contribution is -0.161. The molecule has 5 aliphatic rings. The molecule has 0 spiro atoms. The summed E-state index contributed by atoms with van der Waals surface area (Å²) in [4.78, 5) is 28.7. The summed E-state index contributed by atoms with van der Waals surface area (Å²) in [5, 5.41) is 33.3. The van der Waals surface area contributed by atoms with Gasteiger partial charge in [-0.25, -0.2) is 0 Å². The normalized spacial score (nSPS) is 44.1. The van der Waals surface area contributed by atoms with Crippen LogP contribution < -0.4 is 0 Å². The first kappa shape index (κ1) is 27.3.